The molecule has 5 rings (SSSR count). The van der Waals surface area contributed by atoms with Crippen LogP contribution in [0.2, 0.25) is 0 Å². The molecule has 5 amide bonds. The van der Waals surface area contributed by atoms with E-state index in [-0.39, 0.29) is 55.4 Å². The van der Waals surface area contributed by atoms with E-state index in [2.05, 4.69) is 15.6 Å². The number of piperidine rings is 1. The summed E-state index contributed by atoms with van der Waals surface area (Å²) in [6, 6.07) is 5.93. The van der Waals surface area contributed by atoms with Gasteiger partial charge in [0.2, 0.25) is 5.91 Å². The second-order valence-corrected chi connectivity index (χ2v) is 10.6. The molecule has 2 saturated heterocycles. The second-order valence-electron chi connectivity index (χ2n) is 10.6. The molecule has 39 heavy (non-hydrogen) atoms. The Morgan fingerprint density at radius 1 is 1.18 bits per heavy atom. The number of hydrogen-bond acceptors (Lipinski definition) is 5. The topological polar surface area (TPSA) is 118 Å². The third-order valence-electron chi connectivity index (χ3n) is 8.13. The normalized spacial score (nSPS) is 22.3. The lowest BCUT2D eigenvalue weighted by atomic mass is 9.92. The van der Waals surface area contributed by atoms with Gasteiger partial charge in [0, 0.05) is 50.9 Å². The second kappa shape index (κ2) is 11.6. The van der Waals surface area contributed by atoms with Crippen LogP contribution in [0.4, 0.5) is 19.7 Å². The molecule has 3 N–H and O–H groups in total. The van der Waals surface area contributed by atoms with Gasteiger partial charge in [-0.2, -0.15) is 0 Å². The van der Waals surface area contributed by atoms with Crippen LogP contribution in [0.3, 0.4) is 0 Å². The molecule has 1 aromatic carbocycles. The van der Waals surface area contributed by atoms with Gasteiger partial charge in [-0.25, -0.2) is 14.0 Å². The summed E-state index contributed by atoms with van der Waals surface area (Å²) in [5.74, 6) is -0.762. The lowest BCUT2D eigenvalue weighted by Crippen LogP contribution is -2.55. The van der Waals surface area contributed by atoms with Crippen LogP contribution in [0.1, 0.15) is 48.3 Å². The third-order valence-corrected chi connectivity index (χ3v) is 8.13. The standard InChI is InChI=1S/C28H35FN6O4/c1-18-3-2-4-22(25(18)29)19-5-6-23(26(37)34(16-19)13-14-36)31-27(38)33-11-8-21(9-12-33)35-17-20-7-10-30-15-24(20)32-28(35)39/h2-4,7,10,15,19,21,23,36H,5-6,8-9,11-14,16-17H2,1H3,(H,31,38)(H,32,39)/t19-,23-/m1/s1. The van der Waals surface area contributed by atoms with Crippen molar-refractivity contribution in [2.75, 3.05) is 38.1 Å². The number of aliphatic hydroxyl groups is 1. The van der Waals surface area contributed by atoms with Gasteiger partial charge in [-0.05, 0) is 55.4 Å². The van der Waals surface area contributed by atoms with E-state index < -0.39 is 6.04 Å². The van der Waals surface area contributed by atoms with Gasteiger partial charge in [0.25, 0.3) is 0 Å². The maximum absolute atomic E-state index is 14.9. The molecule has 0 aliphatic carbocycles. The number of hydrogen-bond donors (Lipinski definition) is 3. The first-order valence-corrected chi connectivity index (χ1v) is 13.6. The summed E-state index contributed by atoms with van der Waals surface area (Å²) in [6.45, 7) is 3.33. The fourth-order valence-electron chi connectivity index (χ4n) is 5.89. The van der Waals surface area contributed by atoms with Crippen molar-refractivity contribution in [3.8, 4) is 0 Å². The highest BCUT2D eigenvalue weighted by Crippen LogP contribution is 2.31. The van der Waals surface area contributed by atoms with E-state index in [4.69, 9.17) is 0 Å². The zero-order valence-electron chi connectivity index (χ0n) is 22.1. The maximum atomic E-state index is 14.9. The van der Waals surface area contributed by atoms with Crippen LogP contribution >= 0.6 is 0 Å². The molecule has 0 unspecified atom stereocenters. The minimum absolute atomic E-state index is 0.0000858. The summed E-state index contributed by atoms with van der Waals surface area (Å²) < 4.78 is 14.9. The Morgan fingerprint density at radius 2 is 1.97 bits per heavy atom. The molecule has 10 nitrogen and oxygen atoms in total. The largest absolute Gasteiger partial charge is 0.395 e. The summed E-state index contributed by atoms with van der Waals surface area (Å²) in [5, 5.41) is 15.4. The number of likely N-dealkylation sites (tertiary alicyclic amines) is 2. The number of rotatable bonds is 5. The number of aryl methyl sites for hydroxylation is 1. The van der Waals surface area contributed by atoms with Crippen molar-refractivity contribution in [3.05, 3.63) is 59.2 Å². The predicted octanol–water partition coefficient (Wildman–Crippen LogP) is 2.82. The Balaban J connectivity index is 1.20. The molecule has 3 aliphatic rings. The van der Waals surface area contributed by atoms with Crippen LogP contribution in [0.25, 0.3) is 0 Å². The van der Waals surface area contributed by atoms with Crippen LogP contribution in [-0.2, 0) is 11.3 Å². The molecule has 2 aromatic rings. The monoisotopic (exact) mass is 538 g/mol. The summed E-state index contributed by atoms with van der Waals surface area (Å²) in [6.07, 6.45) is 5.52. The molecular weight excluding hydrogens is 503 g/mol. The number of aliphatic hydroxyl groups excluding tert-OH is 1. The van der Waals surface area contributed by atoms with Crippen LogP contribution < -0.4 is 10.6 Å². The highest BCUT2D eigenvalue weighted by atomic mass is 19.1. The van der Waals surface area contributed by atoms with E-state index in [0.717, 1.165) is 11.3 Å². The van der Waals surface area contributed by atoms with Gasteiger partial charge in [-0.1, -0.05) is 18.2 Å². The third kappa shape index (κ3) is 5.68. The molecule has 11 heteroatoms. The molecule has 2 atom stereocenters. The first kappa shape index (κ1) is 26.9. The number of urea groups is 2. The SMILES string of the molecule is Cc1cccc([C@@H]2CC[C@@H](NC(=O)N3CCC(N4Cc5ccncc5NC4=O)CC3)C(=O)N(CCO)C2)c1F. The van der Waals surface area contributed by atoms with Crippen molar-refractivity contribution in [3.63, 3.8) is 0 Å². The molecule has 0 saturated carbocycles. The minimum Gasteiger partial charge on any atom is -0.395 e. The predicted molar refractivity (Wildman–Crippen MR) is 142 cm³/mol. The van der Waals surface area contributed by atoms with E-state index in [9.17, 15) is 23.9 Å². The van der Waals surface area contributed by atoms with E-state index in [1.807, 2.05) is 17.0 Å². The number of carbonyl (C=O) groups is 3. The number of benzene rings is 1. The highest BCUT2D eigenvalue weighted by molar-refractivity contribution is 5.92. The van der Waals surface area contributed by atoms with Crippen LogP contribution in [0.5, 0.6) is 0 Å². The molecule has 0 bridgehead atoms. The van der Waals surface area contributed by atoms with Crippen molar-refractivity contribution in [2.24, 2.45) is 0 Å². The minimum atomic E-state index is -0.752. The number of pyridine rings is 1. The molecule has 4 heterocycles. The molecule has 1 aromatic heterocycles. The van der Waals surface area contributed by atoms with Gasteiger partial charge in [0.05, 0.1) is 18.5 Å². The van der Waals surface area contributed by atoms with E-state index >= 15 is 0 Å². The van der Waals surface area contributed by atoms with Gasteiger partial charge in [-0.3, -0.25) is 9.78 Å². The quantitative estimate of drug-likeness (QED) is 0.541. The number of halogens is 1. The zero-order chi connectivity index (χ0) is 27.5. The lowest BCUT2D eigenvalue weighted by Gasteiger charge is -2.40. The van der Waals surface area contributed by atoms with Crippen molar-refractivity contribution in [1.82, 2.24) is 25.0 Å². The summed E-state index contributed by atoms with van der Waals surface area (Å²) in [5.41, 5.74) is 2.84. The average molecular weight is 539 g/mol. The fourth-order valence-corrected chi connectivity index (χ4v) is 5.89. The number of fused-ring (bicyclic) bond motifs is 1. The lowest BCUT2D eigenvalue weighted by molar-refractivity contribution is -0.133. The van der Waals surface area contributed by atoms with Crippen molar-refractivity contribution >= 4 is 23.7 Å². The highest BCUT2D eigenvalue weighted by Gasteiger charge is 2.36. The van der Waals surface area contributed by atoms with Gasteiger partial charge in [0.1, 0.15) is 11.9 Å². The molecule has 0 radical (unpaired) electrons. The molecule has 3 aliphatic heterocycles. The molecule has 2 fully saturated rings. The summed E-state index contributed by atoms with van der Waals surface area (Å²) >= 11 is 0. The Hall–Kier alpha value is -3.73. The van der Waals surface area contributed by atoms with Gasteiger partial charge in [0.15, 0.2) is 0 Å². The summed E-state index contributed by atoms with van der Waals surface area (Å²) in [4.78, 5) is 48.2. The Morgan fingerprint density at radius 3 is 2.74 bits per heavy atom. The number of nitrogens with zero attached hydrogens (tertiary/aromatic N) is 4. The molecule has 0 spiro atoms. The molecule has 208 valence electrons. The number of nitrogens with one attached hydrogen (secondary N) is 2. The number of carbonyl (C=O) groups excluding carboxylic acids is 3. The molecular formula is C28H35FN6O4. The van der Waals surface area contributed by atoms with Crippen molar-refractivity contribution in [2.45, 2.75) is 57.2 Å². The van der Waals surface area contributed by atoms with Gasteiger partial charge >= 0.3 is 12.1 Å². The number of amides is 5. The van der Waals surface area contributed by atoms with E-state index in [1.165, 1.54) is 4.90 Å². The first-order valence-electron chi connectivity index (χ1n) is 13.6. The zero-order valence-corrected chi connectivity index (χ0v) is 22.1. The van der Waals surface area contributed by atoms with Crippen molar-refractivity contribution < 1.29 is 23.9 Å². The fraction of sp³-hybridized carbons (Fsp3) is 0.500. The van der Waals surface area contributed by atoms with E-state index in [0.29, 0.717) is 56.4 Å². The first-order chi connectivity index (χ1) is 18.9. The van der Waals surface area contributed by atoms with Crippen LogP contribution in [-0.4, -0.2) is 87.6 Å². The van der Waals surface area contributed by atoms with Gasteiger partial charge in [-0.15, -0.1) is 0 Å². The van der Waals surface area contributed by atoms with Crippen LogP contribution in [0.15, 0.2) is 36.7 Å². The Labute approximate surface area is 227 Å². The Kier molecular flexibility index (Phi) is 7.97. The van der Waals surface area contributed by atoms with Crippen LogP contribution in [0, 0.1) is 12.7 Å². The maximum Gasteiger partial charge on any atom is 0.322 e. The number of aromatic nitrogens is 1. The number of β-amino-alcohol motifs (C(OH)–C–C–N with tert-alkyl or cyclic N) is 1. The summed E-state index contributed by atoms with van der Waals surface area (Å²) in [7, 11) is 0. The average Bonchev–Trinajstić information content (AvgIpc) is 3.09. The Bertz CT molecular complexity index is 1230. The number of anilines is 1. The van der Waals surface area contributed by atoms with E-state index in [1.54, 1.807) is 36.4 Å². The van der Waals surface area contributed by atoms with Crippen molar-refractivity contribution in [1.29, 1.82) is 0 Å². The van der Waals surface area contributed by atoms with Gasteiger partial charge < -0.3 is 30.4 Å². The smallest absolute Gasteiger partial charge is 0.322 e.